The summed E-state index contributed by atoms with van der Waals surface area (Å²) in [4.78, 5) is 45.4. The van der Waals surface area contributed by atoms with Crippen molar-refractivity contribution in [3.05, 3.63) is 143 Å². The summed E-state index contributed by atoms with van der Waals surface area (Å²) >= 11 is 0. The number of aliphatic hydroxyl groups excluding tert-OH is 1. The van der Waals surface area contributed by atoms with Gasteiger partial charge in [0.2, 0.25) is 0 Å². The maximum atomic E-state index is 13.6. The number of H-pyrrole nitrogens is 2. The van der Waals surface area contributed by atoms with Crippen LogP contribution in [-0.4, -0.2) is 80.4 Å². The molecular weight excluding hydrogens is 735 g/mol. The Labute approximate surface area is 333 Å². The van der Waals surface area contributed by atoms with E-state index in [-0.39, 0.29) is 39.1 Å². The van der Waals surface area contributed by atoms with Crippen molar-refractivity contribution in [1.29, 1.82) is 0 Å². The highest BCUT2D eigenvalue weighted by Crippen LogP contribution is 2.29. The van der Waals surface area contributed by atoms with Crippen molar-refractivity contribution < 1.29 is 48.0 Å². The molecule has 2 fully saturated rings. The molecule has 6 aromatic rings. The quantitative estimate of drug-likeness (QED) is 0.101. The van der Waals surface area contributed by atoms with Gasteiger partial charge in [-0.25, -0.2) is 18.4 Å². The molecule has 57 heavy (non-hydrogen) atoms. The Kier molecular flexibility index (Phi) is 10.6. The number of hydrogen-bond acceptors (Lipinski definition) is 7. The van der Waals surface area contributed by atoms with Gasteiger partial charge in [0, 0.05) is 65.1 Å². The van der Waals surface area contributed by atoms with Crippen molar-refractivity contribution in [3.8, 4) is 0 Å². The lowest BCUT2D eigenvalue weighted by molar-refractivity contribution is -0.145. The number of aromatic nitrogens is 2. The zero-order valence-corrected chi connectivity index (χ0v) is 31.0. The van der Waals surface area contributed by atoms with Gasteiger partial charge in [0.05, 0.1) is 19.2 Å². The lowest BCUT2D eigenvalue weighted by atomic mass is 10.0. The van der Waals surface area contributed by atoms with Crippen LogP contribution in [0.4, 0.5) is 18.4 Å². The number of carbonyl (C=O) groups excluding carboxylic acids is 3. The number of ether oxygens (including phenoxy) is 3. The first-order chi connectivity index (χ1) is 29.1. The summed E-state index contributed by atoms with van der Waals surface area (Å²) in [6.07, 6.45) is -3.69. The molecule has 0 radical (unpaired) electrons. The van der Waals surface area contributed by atoms with Crippen LogP contribution in [0.5, 0.6) is 0 Å². The summed E-state index contributed by atoms with van der Waals surface area (Å²) in [5.74, 6) is -1.36. The Balaban J connectivity index is 0.000000185. The molecule has 0 saturated carbocycles. The van der Waals surface area contributed by atoms with E-state index in [0.29, 0.717) is 32.9 Å². The monoisotopic (exact) mass is 782 g/mol. The van der Waals surface area contributed by atoms with E-state index in [0.717, 1.165) is 11.1 Å². The van der Waals surface area contributed by atoms with Crippen LogP contribution in [0.2, 0.25) is 0 Å². The summed E-state index contributed by atoms with van der Waals surface area (Å²) in [6.45, 7) is 1.39. The smallest absolute Gasteiger partial charge is 0.410 e. The number of halogens is 2. The largest absolute Gasteiger partial charge is 0.461 e. The van der Waals surface area contributed by atoms with Crippen LogP contribution >= 0.6 is 0 Å². The van der Waals surface area contributed by atoms with Gasteiger partial charge in [-0.1, -0.05) is 60.7 Å². The predicted molar refractivity (Wildman–Crippen MR) is 209 cm³/mol. The molecule has 296 valence electrons. The fraction of sp³-hybridized carbons (Fsp3) is 0.295. The Morgan fingerprint density at radius 2 is 1.19 bits per heavy atom. The summed E-state index contributed by atoms with van der Waals surface area (Å²) < 4.78 is 78.3. The highest BCUT2D eigenvalue weighted by atomic mass is 19.1. The highest BCUT2D eigenvalue weighted by molar-refractivity contribution is 5.84. The number of fused-ring (bicyclic) bond motifs is 2. The number of rotatable bonds is 9. The molecule has 2 aliphatic heterocycles. The van der Waals surface area contributed by atoms with Crippen molar-refractivity contribution in [1.82, 2.24) is 19.8 Å². The second-order valence-corrected chi connectivity index (χ2v) is 13.8. The molecule has 4 atom stereocenters. The van der Waals surface area contributed by atoms with E-state index in [1.54, 1.807) is 0 Å². The van der Waals surface area contributed by atoms with Crippen molar-refractivity contribution in [2.75, 3.05) is 13.1 Å². The number of aromatic amines is 2. The summed E-state index contributed by atoms with van der Waals surface area (Å²) in [5, 5.41) is 11.2. The number of benzene rings is 4. The molecule has 4 heterocycles. The van der Waals surface area contributed by atoms with Crippen LogP contribution in [0.3, 0.4) is 0 Å². The zero-order chi connectivity index (χ0) is 43.5. The Hall–Kier alpha value is -6.21. The molecule has 4 aromatic carbocycles. The van der Waals surface area contributed by atoms with Gasteiger partial charge in [0.25, 0.3) is 0 Å². The number of nitrogens with one attached hydrogen (secondary N) is 2. The molecule has 2 saturated heterocycles. The third-order valence-electron chi connectivity index (χ3n) is 9.69. The van der Waals surface area contributed by atoms with Gasteiger partial charge in [-0.2, -0.15) is 0 Å². The van der Waals surface area contributed by atoms with E-state index in [1.165, 1.54) is 65.5 Å². The second-order valence-electron chi connectivity index (χ2n) is 13.8. The number of nitrogens with zero attached hydrogens (tertiary/aromatic N) is 2. The number of β-amino-alcohol motifs (C(OH)–C–C–N with tert-alkyl or cyclic N) is 1. The van der Waals surface area contributed by atoms with Gasteiger partial charge in [-0.15, -0.1) is 0 Å². The van der Waals surface area contributed by atoms with Gasteiger partial charge < -0.3 is 39.1 Å². The van der Waals surface area contributed by atoms with Gasteiger partial charge in [-0.05, 0) is 77.8 Å². The van der Waals surface area contributed by atoms with Crippen molar-refractivity contribution in [2.45, 2.75) is 70.0 Å². The van der Waals surface area contributed by atoms with Crippen LogP contribution in [0, 0.1) is 11.6 Å². The first-order valence-electron chi connectivity index (χ1n) is 20.5. The maximum Gasteiger partial charge on any atom is 0.410 e. The minimum atomic E-state index is -2.02. The summed E-state index contributed by atoms with van der Waals surface area (Å²) in [6, 6.07) is 24.6. The third-order valence-corrected chi connectivity index (χ3v) is 9.69. The molecule has 0 spiro atoms. The minimum absolute atomic E-state index is 0.00518. The number of amides is 2. The fourth-order valence-electron chi connectivity index (χ4n) is 7.01. The van der Waals surface area contributed by atoms with Gasteiger partial charge in [-0.3, -0.25) is 4.79 Å². The van der Waals surface area contributed by atoms with Crippen LogP contribution in [-0.2, 0) is 45.0 Å². The fourth-order valence-corrected chi connectivity index (χ4v) is 7.01. The minimum Gasteiger partial charge on any atom is -0.461 e. The topological polar surface area (TPSA) is 137 Å². The standard InChI is InChI=1S/C23H23FN2O4.C21H21FN2O3/c1-15(27)30-20-11-19(9-17-12-25-22-10-18(24)7-8-21(17)22)26(13-20)23(28)29-14-16-5-3-2-4-6-16;22-16-6-7-19-15(11-23-20(19)9-16)8-17-10-18(25)12-24(17)21(26)27-13-14-4-2-1-3-5-14/h2-8,10,12,19-20,25H,9,11,13-14H2,1H3;1-7,9,11,17-18,23,25H,8,10,12-13H2/t19-,20?;17-,18+/m11/s1/i9D2;8D2. The van der Waals surface area contributed by atoms with E-state index < -0.39 is 66.8 Å². The van der Waals surface area contributed by atoms with Crippen LogP contribution in [0.1, 0.15) is 47.5 Å². The molecule has 11 nitrogen and oxygen atoms in total. The van der Waals surface area contributed by atoms with Gasteiger partial charge in [0.15, 0.2) is 0 Å². The van der Waals surface area contributed by atoms with E-state index in [9.17, 15) is 28.3 Å². The van der Waals surface area contributed by atoms with Crippen LogP contribution in [0.15, 0.2) is 109 Å². The molecule has 0 aliphatic carbocycles. The number of carbonyl (C=O) groups is 3. The predicted octanol–water partition coefficient (Wildman–Crippen LogP) is 7.81. The van der Waals surface area contributed by atoms with E-state index in [2.05, 4.69) is 9.97 Å². The molecule has 3 N–H and O–H groups in total. The Morgan fingerprint density at radius 1 is 0.719 bits per heavy atom. The molecule has 0 bridgehead atoms. The SMILES string of the molecule is [2H]C([2H])(c1c[nH]c2cc(F)ccc12)[C@@H]1CC(OC(C)=O)CN1C(=O)OCc1ccccc1.[2H]C([2H])(c1c[nH]c2cc(F)ccc12)[C@@H]1C[C@H](O)CN1C(=O)OCc1ccccc1. The Bertz CT molecular complexity index is 2510. The van der Waals surface area contributed by atoms with Gasteiger partial charge >= 0.3 is 18.2 Å². The van der Waals surface area contributed by atoms with E-state index >= 15 is 0 Å². The van der Waals surface area contributed by atoms with Crippen molar-refractivity contribution >= 4 is 40.0 Å². The molecule has 13 heteroatoms. The lowest BCUT2D eigenvalue weighted by Crippen LogP contribution is -2.37. The Morgan fingerprint density at radius 3 is 1.68 bits per heavy atom. The van der Waals surface area contributed by atoms with Crippen molar-refractivity contribution in [2.24, 2.45) is 0 Å². The lowest BCUT2D eigenvalue weighted by Gasteiger charge is -2.23. The highest BCUT2D eigenvalue weighted by Gasteiger charge is 2.38. The normalized spacial score (nSPS) is 20.6. The average molecular weight is 783 g/mol. The molecule has 1 unspecified atom stereocenters. The maximum absolute atomic E-state index is 13.6. The number of esters is 1. The second kappa shape index (κ2) is 17.7. The summed E-state index contributed by atoms with van der Waals surface area (Å²) in [7, 11) is 0. The molecular formula is C44H44F2N4O7. The molecule has 2 aromatic heterocycles. The van der Waals surface area contributed by atoms with Crippen molar-refractivity contribution in [3.63, 3.8) is 0 Å². The first kappa shape index (κ1) is 34.1. The average Bonchev–Trinajstić information content (AvgIpc) is 4.05. The van der Waals surface area contributed by atoms with Gasteiger partial charge in [0.1, 0.15) is 31.0 Å². The van der Waals surface area contributed by atoms with Crippen LogP contribution in [0.25, 0.3) is 21.8 Å². The molecule has 2 aliphatic rings. The number of likely N-dealkylation sites (tertiary alicyclic amines) is 2. The first-order valence-corrected chi connectivity index (χ1v) is 18.5. The summed E-state index contributed by atoms with van der Waals surface area (Å²) in [5.41, 5.74) is 3.15. The zero-order valence-electron chi connectivity index (χ0n) is 35.0. The third kappa shape index (κ3) is 9.79. The van der Waals surface area contributed by atoms with Crippen LogP contribution < -0.4 is 0 Å². The number of hydrogen-bond donors (Lipinski definition) is 3. The van der Waals surface area contributed by atoms with E-state index in [4.69, 9.17) is 19.7 Å². The molecule has 8 rings (SSSR count). The number of aliphatic hydroxyl groups is 1. The molecule has 2 amide bonds. The van der Waals surface area contributed by atoms with E-state index in [1.807, 2.05) is 60.7 Å².